The van der Waals surface area contributed by atoms with Gasteiger partial charge in [-0.25, -0.2) is 4.79 Å². The number of likely N-dealkylation sites (N-methyl/N-ethyl adjacent to an activating group) is 1. The molecule has 2 aromatic rings. The molecule has 0 aromatic heterocycles. The summed E-state index contributed by atoms with van der Waals surface area (Å²) in [4.78, 5) is 38.0. The lowest BCUT2D eigenvalue weighted by molar-refractivity contribution is -0.136. The van der Waals surface area contributed by atoms with Crippen LogP contribution in [0.15, 0.2) is 36.4 Å². The lowest BCUT2D eigenvalue weighted by Crippen LogP contribution is -2.37. The lowest BCUT2D eigenvalue weighted by atomic mass is 10.1. The topological polar surface area (TPSA) is 84.9 Å². The summed E-state index contributed by atoms with van der Waals surface area (Å²) in [7, 11) is 2.93. The molecule has 0 aliphatic carbocycles. The SMILES string of the molecule is COc1ccc(C)cc1C(=O)OCC(=O)N(C)CC(=O)Nc1cc(C)ccc1C. The first-order chi connectivity index (χ1) is 13.7. The molecule has 0 atom stereocenters. The summed E-state index contributed by atoms with van der Waals surface area (Å²) in [5, 5.41) is 2.79. The Hall–Kier alpha value is -3.35. The van der Waals surface area contributed by atoms with Crippen molar-refractivity contribution < 1.29 is 23.9 Å². The van der Waals surface area contributed by atoms with E-state index in [0.29, 0.717) is 11.4 Å². The summed E-state index contributed by atoms with van der Waals surface area (Å²) in [6.07, 6.45) is 0. The maximum absolute atomic E-state index is 12.3. The van der Waals surface area contributed by atoms with Crippen LogP contribution in [-0.4, -0.2) is 50.0 Å². The first-order valence-corrected chi connectivity index (χ1v) is 9.14. The van der Waals surface area contributed by atoms with Crippen molar-refractivity contribution in [2.45, 2.75) is 20.8 Å². The van der Waals surface area contributed by atoms with Crippen LogP contribution in [0.5, 0.6) is 5.75 Å². The van der Waals surface area contributed by atoms with E-state index in [1.165, 1.54) is 19.1 Å². The van der Waals surface area contributed by atoms with Gasteiger partial charge in [-0.2, -0.15) is 0 Å². The molecule has 0 radical (unpaired) electrons. The molecule has 2 aromatic carbocycles. The Morgan fingerprint density at radius 1 is 1.00 bits per heavy atom. The van der Waals surface area contributed by atoms with Gasteiger partial charge < -0.3 is 19.7 Å². The van der Waals surface area contributed by atoms with Gasteiger partial charge in [0, 0.05) is 12.7 Å². The minimum absolute atomic E-state index is 0.155. The third-order valence-corrected chi connectivity index (χ3v) is 4.38. The van der Waals surface area contributed by atoms with E-state index < -0.39 is 18.5 Å². The normalized spacial score (nSPS) is 10.2. The molecule has 0 bridgehead atoms. The van der Waals surface area contributed by atoms with Crippen LogP contribution in [0.3, 0.4) is 0 Å². The largest absolute Gasteiger partial charge is 0.496 e. The van der Waals surface area contributed by atoms with E-state index in [1.54, 1.807) is 12.1 Å². The summed E-state index contributed by atoms with van der Waals surface area (Å²) in [6, 6.07) is 10.8. The van der Waals surface area contributed by atoms with Crippen LogP contribution in [0.25, 0.3) is 0 Å². The Morgan fingerprint density at radius 3 is 2.34 bits per heavy atom. The highest BCUT2D eigenvalue weighted by molar-refractivity contribution is 5.96. The molecule has 0 spiro atoms. The summed E-state index contributed by atoms with van der Waals surface area (Å²) in [5.41, 5.74) is 3.77. The molecule has 2 amide bonds. The van der Waals surface area contributed by atoms with Crippen molar-refractivity contribution in [1.82, 2.24) is 4.90 Å². The Labute approximate surface area is 170 Å². The van der Waals surface area contributed by atoms with Gasteiger partial charge in [-0.3, -0.25) is 9.59 Å². The molecule has 154 valence electrons. The van der Waals surface area contributed by atoms with Crippen molar-refractivity contribution in [3.05, 3.63) is 58.7 Å². The molecular formula is C22H26N2O5. The van der Waals surface area contributed by atoms with Gasteiger partial charge in [-0.1, -0.05) is 23.8 Å². The van der Waals surface area contributed by atoms with Crippen LogP contribution < -0.4 is 10.1 Å². The van der Waals surface area contributed by atoms with Crippen molar-refractivity contribution in [2.24, 2.45) is 0 Å². The fraction of sp³-hybridized carbons (Fsp3) is 0.318. The molecule has 0 heterocycles. The van der Waals surface area contributed by atoms with E-state index in [4.69, 9.17) is 9.47 Å². The number of anilines is 1. The predicted molar refractivity (Wildman–Crippen MR) is 110 cm³/mol. The number of carbonyl (C=O) groups excluding carboxylic acids is 3. The number of carbonyl (C=O) groups is 3. The van der Waals surface area contributed by atoms with E-state index in [2.05, 4.69) is 5.32 Å². The lowest BCUT2D eigenvalue weighted by Gasteiger charge is -2.18. The fourth-order valence-corrected chi connectivity index (χ4v) is 2.66. The number of rotatable bonds is 7. The summed E-state index contributed by atoms with van der Waals surface area (Å²) < 4.78 is 10.3. The number of amides is 2. The van der Waals surface area contributed by atoms with Gasteiger partial charge in [0.25, 0.3) is 5.91 Å². The molecular weight excluding hydrogens is 372 g/mol. The van der Waals surface area contributed by atoms with E-state index in [-0.39, 0.29) is 18.0 Å². The van der Waals surface area contributed by atoms with E-state index >= 15 is 0 Å². The molecule has 0 saturated carbocycles. The molecule has 0 fully saturated rings. The third kappa shape index (κ3) is 6.07. The van der Waals surface area contributed by atoms with Gasteiger partial charge in [0.05, 0.1) is 13.7 Å². The van der Waals surface area contributed by atoms with Crippen LogP contribution in [0, 0.1) is 20.8 Å². The monoisotopic (exact) mass is 398 g/mol. The standard InChI is InChI=1S/C22H26N2O5/c1-14-7-9-19(28-5)17(10-14)22(27)29-13-21(26)24(4)12-20(25)23-18-11-15(2)6-8-16(18)3/h6-11H,12-13H2,1-5H3,(H,23,25). The van der Waals surface area contributed by atoms with Crippen LogP contribution in [0.1, 0.15) is 27.0 Å². The van der Waals surface area contributed by atoms with Gasteiger partial charge in [-0.05, 0) is 50.1 Å². The van der Waals surface area contributed by atoms with Crippen LogP contribution >= 0.6 is 0 Å². The quantitative estimate of drug-likeness (QED) is 0.725. The van der Waals surface area contributed by atoms with Crippen LogP contribution in [0.4, 0.5) is 5.69 Å². The minimum atomic E-state index is -0.660. The molecule has 2 rings (SSSR count). The number of nitrogens with one attached hydrogen (secondary N) is 1. The van der Waals surface area contributed by atoms with Crippen LogP contribution in [0.2, 0.25) is 0 Å². The van der Waals surface area contributed by atoms with Gasteiger partial charge in [0.2, 0.25) is 5.91 Å². The minimum Gasteiger partial charge on any atom is -0.496 e. The molecule has 0 unspecified atom stereocenters. The fourth-order valence-electron chi connectivity index (χ4n) is 2.66. The Morgan fingerprint density at radius 2 is 1.66 bits per heavy atom. The average Bonchev–Trinajstić information content (AvgIpc) is 2.68. The number of ether oxygens (including phenoxy) is 2. The first kappa shape index (κ1) is 21.9. The number of methoxy groups -OCH3 is 1. The smallest absolute Gasteiger partial charge is 0.342 e. The Balaban J connectivity index is 1.90. The maximum atomic E-state index is 12.3. The first-order valence-electron chi connectivity index (χ1n) is 9.14. The summed E-state index contributed by atoms with van der Waals surface area (Å²) in [5.74, 6) is -1.11. The van der Waals surface area contributed by atoms with Crippen molar-refractivity contribution in [1.29, 1.82) is 0 Å². The number of esters is 1. The highest BCUT2D eigenvalue weighted by Gasteiger charge is 2.19. The van der Waals surface area contributed by atoms with Crippen molar-refractivity contribution in [3.8, 4) is 5.75 Å². The van der Waals surface area contributed by atoms with Gasteiger partial charge in [0.1, 0.15) is 11.3 Å². The van der Waals surface area contributed by atoms with Gasteiger partial charge in [0.15, 0.2) is 6.61 Å². The number of benzene rings is 2. The van der Waals surface area contributed by atoms with Gasteiger partial charge in [-0.15, -0.1) is 0 Å². The second-order valence-electron chi connectivity index (χ2n) is 6.90. The number of nitrogens with zero attached hydrogens (tertiary/aromatic N) is 1. The number of hydrogen-bond donors (Lipinski definition) is 1. The second kappa shape index (κ2) is 9.73. The van der Waals surface area contributed by atoms with E-state index in [9.17, 15) is 14.4 Å². The summed E-state index contributed by atoms with van der Waals surface area (Å²) in [6.45, 7) is 5.04. The molecule has 0 saturated heterocycles. The van der Waals surface area contributed by atoms with Crippen molar-refractivity contribution in [2.75, 3.05) is 32.6 Å². The summed E-state index contributed by atoms with van der Waals surface area (Å²) >= 11 is 0. The molecule has 29 heavy (non-hydrogen) atoms. The Kier molecular flexibility index (Phi) is 7.36. The zero-order valence-corrected chi connectivity index (χ0v) is 17.4. The molecule has 0 aliphatic heterocycles. The highest BCUT2D eigenvalue weighted by Crippen LogP contribution is 2.20. The highest BCUT2D eigenvalue weighted by atomic mass is 16.5. The molecule has 0 aliphatic rings. The zero-order chi connectivity index (χ0) is 21.6. The Bertz CT molecular complexity index is 923. The molecule has 1 N–H and O–H groups in total. The second-order valence-corrected chi connectivity index (χ2v) is 6.90. The zero-order valence-electron chi connectivity index (χ0n) is 17.4. The van der Waals surface area contributed by atoms with Crippen molar-refractivity contribution in [3.63, 3.8) is 0 Å². The predicted octanol–water partition coefficient (Wildman–Crippen LogP) is 2.87. The van der Waals surface area contributed by atoms with Crippen molar-refractivity contribution >= 4 is 23.5 Å². The number of aryl methyl sites for hydroxylation is 3. The third-order valence-electron chi connectivity index (χ3n) is 4.38. The van der Waals surface area contributed by atoms with E-state index in [0.717, 1.165) is 16.7 Å². The molecule has 7 heteroatoms. The maximum Gasteiger partial charge on any atom is 0.342 e. The van der Waals surface area contributed by atoms with Crippen LogP contribution in [-0.2, 0) is 14.3 Å². The average molecular weight is 398 g/mol. The van der Waals surface area contributed by atoms with E-state index in [1.807, 2.05) is 45.0 Å². The number of hydrogen-bond acceptors (Lipinski definition) is 5. The van der Waals surface area contributed by atoms with Gasteiger partial charge >= 0.3 is 5.97 Å². The molecule has 7 nitrogen and oxygen atoms in total.